The van der Waals surface area contributed by atoms with Gasteiger partial charge in [-0.3, -0.25) is 9.78 Å². The fourth-order valence-electron chi connectivity index (χ4n) is 2.76. The molecule has 0 aliphatic carbocycles. The van der Waals surface area contributed by atoms with Crippen LogP contribution in [0.25, 0.3) is 0 Å². The highest BCUT2D eigenvalue weighted by Crippen LogP contribution is 2.23. The summed E-state index contributed by atoms with van der Waals surface area (Å²) in [6, 6.07) is 2.94. The van der Waals surface area contributed by atoms with Crippen molar-refractivity contribution in [3.63, 3.8) is 0 Å². The van der Waals surface area contributed by atoms with Gasteiger partial charge in [0.05, 0.1) is 18.4 Å². The Hall–Kier alpha value is -2.61. The third-order valence-electron chi connectivity index (χ3n) is 4.31. The Morgan fingerprint density at radius 2 is 2.20 bits per heavy atom. The van der Waals surface area contributed by atoms with E-state index < -0.39 is 5.82 Å². The number of aromatic nitrogens is 3. The van der Waals surface area contributed by atoms with E-state index in [0.29, 0.717) is 5.69 Å². The summed E-state index contributed by atoms with van der Waals surface area (Å²) in [4.78, 5) is 27.1. The van der Waals surface area contributed by atoms with Gasteiger partial charge < -0.3 is 16.0 Å². The van der Waals surface area contributed by atoms with Crippen LogP contribution < -0.4 is 16.0 Å². The Bertz CT molecular complexity index is 779. The second-order valence-corrected chi connectivity index (χ2v) is 6.23. The molecule has 1 aliphatic heterocycles. The Kier molecular flexibility index (Phi) is 4.89. The molecular weight excluding hydrogens is 323 g/mol. The zero-order valence-electron chi connectivity index (χ0n) is 14.3. The van der Waals surface area contributed by atoms with Crippen molar-refractivity contribution in [2.24, 2.45) is 5.73 Å². The van der Waals surface area contributed by atoms with Gasteiger partial charge in [0.1, 0.15) is 11.6 Å². The molecule has 2 aromatic rings. The quantitative estimate of drug-likeness (QED) is 0.862. The van der Waals surface area contributed by atoms with Gasteiger partial charge in [-0.25, -0.2) is 14.4 Å². The number of hydrogen-bond acceptors (Lipinski definition) is 6. The molecule has 8 heteroatoms. The van der Waals surface area contributed by atoms with E-state index >= 15 is 0 Å². The molecule has 0 saturated carbocycles. The molecule has 1 aliphatic rings. The molecule has 1 saturated heterocycles. The molecule has 3 rings (SSSR count). The maximum Gasteiger partial charge on any atom is 0.289 e. The third kappa shape index (κ3) is 3.90. The van der Waals surface area contributed by atoms with Crippen LogP contribution in [0.1, 0.15) is 34.0 Å². The number of amides is 1. The van der Waals surface area contributed by atoms with Crippen molar-refractivity contribution in [3.8, 4) is 0 Å². The van der Waals surface area contributed by atoms with Gasteiger partial charge >= 0.3 is 0 Å². The first kappa shape index (κ1) is 17.2. The van der Waals surface area contributed by atoms with Crippen LogP contribution in [-0.2, 0) is 6.54 Å². The lowest BCUT2D eigenvalue weighted by Crippen LogP contribution is -2.30. The average molecular weight is 344 g/mol. The van der Waals surface area contributed by atoms with Gasteiger partial charge in [-0.05, 0) is 32.4 Å². The van der Waals surface area contributed by atoms with Crippen molar-refractivity contribution >= 4 is 11.7 Å². The van der Waals surface area contributed by atoms with Crippen LogP contribution in [0.4, 0.5) is 10.2 Å². The average Bonchev–Trinajstić information content (AvgIpc) is 3.02. The fraction of sp³-hybridized carbons (Fsp3) is 0.412. The summed E-state index contributed by atoms with van der Waals surface area (Å²) in [7, 11) is 0. The van der Waals surface area contributed by atoms with Gasteiger partial charge in [-0.1, -0.05) is 0 Å². The number of anilines is 1. The highest BCUT2D eigenvalue weighted by Gasteiger charge is 2.24. The number of aryl methyl sites for hydroxylation is 1. The van der Waals surface area contributed by atoms with E-state index in [0.717, 1.165) is 42.8 Å². The molecule has 0 bridgehead atoms. The summed E-state index contributed by atoms with van der Waals surface area (Å²) in [5, 5.41) is 2.72. The minimum Gasteiger partial charge on any atom is -0.355 e. The first-order chi connectivity index (χ1) is 11.9. The number of halogens is 1. The zero-order chi connectivity index (χ0) is 18.0. The molecule has 1 amide bonds. The van der Waals surface area contributed by atoms with Gasteiger partial charge in [0.2, 0.25) is 5.82 Å². The molecule has 0 radical (unpaired) electrons. The van der Waals surface area contributed by atoms with Gasteiger partial charge in [-0.15, -0.1) is 0 Å². The van der Waals surface area contributed by atoms with Gasteiger partial charge in [0.25, 0.3) is 5.91 Å². The minimum atomic E-state index is -0.416. The molecule has 1 fully saturated rings. The van der Waals surface area contributed by atoms with Crippen LogP contribution in [-0.4, -0.2) is 40.0 Å². The second kappa shape index (κ2) is 7.10. The van der Waals surface area contributed by atoms with Crippen molar-refractivity contribution in [1.29, 1.82) is 0 Å². The summed E-state index contributed by atoms with van der Waals surface area (Å²) >= 11 is 0. The Morgan fingerprint density at radius 1 is 1.40 bits per heavy atom. The molecule has 0 aromatic carbocycles. The second-order valence-electron chi connectivity index (χ2n) is 6.23. The minimum absolute atomic E-state index is 0.112. The van der Waals surface area contributed by atoms with Crippen LogP contribution in [0.5, 0.6) is 0 Å². The summed E-state index contributed by atoms with van der Waals surface area (Å²) in [6.45, 7) is 5.52. The van der Waals surface area contributed by atoms with E-state index in [2.05, 4.69) is 25.2 Å². The lowest BCUT2D eigenvalue weighted by Gasteiger charge is -2.20. The number of rotatable bonds is 4. The smallest absolute Gasteiger partial charge is 0.289 e. The topological polar surface area (TPSA) is 97.0 Å². The third-order valence-corrected chi connectivity index (χ3v) is 4.31. The molecule has 1 atom stereocenters. The van der Waals surface area contributed by atoms with Crippen LogP contribution in [0.15, 0.2) is 18.3 Å². The highest BCUT2D eigenvalue weighted by molar-refractivity contribution is 5.90. The lowest BCUT2D eigenvalue weighted by atomic mass is 10.2. The molecule has 132 valence electrons. The number of carbonyl (C=O) groups excluding carboxylic acids is 1. The fourth-order valence-corrected chi connectivity index (χ4v) is 2.76. The number of carbonyl (C=O) groups is 1. The van der Waals surface area contributed by atoms with Crippen LogP contribution in [0.2, 0.25) is 0 Å². The summed E-state index contributed by atoms with van der Waals surface area (Å²) in [5.74, 6) is 0.0613. The SMILES string of the molecule is Cc1nc(C(=O)NCc2ccc(F)cn2)nc(N2CC[C@@H](N)C2)c1C. The molecule has 7 nitrogen and oxygen atoms in total. The van der Waals surface area contributed by atoms with Crippen molar-refractivity contribution in [3.05, 3.63) is 46.9 Å². The summed E-state index contributed by atoms with van der Waals surface area (Å²) in [5.41, 5.74) is 8.24. The van der Waals surface area contributed by atoms with Crippen molar-refractivity contribution in [2.75, 3.05) is 18.0 Å². The molecule has 2 aromatic heterocycles. The van der Waals surface area contributed by atoms with E-state index in [1.807, 2.05) is 13.8 Å². The molecule has 0 unspecified atom stereocenters. The summed E-state index contributed by atoms with van der Waals surface area (Å²) < 4.78 is 12.9. The van der Waals surface area contributed by atoms with Crippen molar-refractivity contribution in [2.45, 2.75) is 32.9 Å². The largest absolute Gasteiger partial charge is 0.355 e. The molecule has 25 heavy (non-hydrogen) atoms. The van der Waals surface area contributed by atoms with Gasteiger partial charge in [-0.2, -0.15) is 0 Å². The molecular formula is C17H21FN6O. The van der Waals surface area contributed by atoms with Crippen molar-refractivity contribution < 1.29 is 9.18 Å². The standard InChI is InChI=1S/C17H21FN6O/c1-10-11(2)22-15(23-16(10)24-6-5-13(19)9-24)17(25)21-8-14-4-3-12(18)7-20-14/h3-4,7,13H,5-6,8-9,19H2,1-2H3,(H,21,25)/t13-/m1/s1. The van der Waals surface area contributed by atoms with Crippen LogP contribution in [0, 0.1) is 19.7 Å². The lowest BCUT2D eigenvalue weighted by molar-refractivity contribution is 0.0939. The number of nitrogens with one attached hydrogen (secondary N) is 1. The maximum absolute atomic E-state index is 12.9. The highest BCUT2D eigenvalue weighted by atomic mass is 19.1. The van der Waals surface area contributed by atoms with E-state index in [9.17, 15) is 9.18 Å². The predicted molar refractivity (Wildman–Crippen MR) is 91.7 cm³/mol. The zero-order valence-corrected chi connectivity index (χ0v) is 14.3. The number of nitrogens with two attached hydrogens (primary N) is 1. The van der Waals surface area contributed by atoms with E-state index in [-0.39, 0.29) is 24.3 Å². The normalized spacial score (nSPS) is 17.0. The monoisotopic (exact) mass is 344 g/mol. The number of nitrogens with zero attached hydrogens (tertiary/aromatic N) is 4. The van der Waals surface area contributed by atoms with Crippen molar-refractivity contribution in [1.82, 2.24) is 20.3 Å². The number of hydrogen-bond donors (Lipinski definition) is 2. The first-order valence-electron chi connectivity index (χ1n) is 8.18. The van der Waals surface area contributed by atoms with Gasteiger partial charge in [0.15, 0.2) is 0 Å². The predicted octanol–water partition coefficient (Wildman–Crippen LogP) is 1.09. The maximum atomic E-state index is 12.9. The van der Waals surface area contributed by atoms with E-state index in [4.69, 9.17) is 5.73 Å². The van der Waals surface area contributed by atoms with Crippen LogP contribution in [0.3, 0.4) is 0 Å². The number of pyridine rings is 1. The molecule has 3 heterocycles. The summed E-state index contributed by atoms with van der Waals surface area (Å²) in [6.07, 6.45) is 2.02. The van der Waals surface area contributed by atoms with Crippen LogP contribution >= 0.6 is 0 Å². The van der Waals surface area contributed by atoms with Gasteiger partial charge in [0, 0.05) is 30.4 Å². The van der Waals surface area contributed by atoms with E-state index in [1.54, 1.807) is 0 Å². The Morgan fingerprint density at radius 3 is 2.84 bits per heavy atom. The molecule has 3 N–H and O–H groups in total. The first-order valence-corrected chi connectivity index (χ1v) is 8.18. The molecule has 0 spiro atoms. The Balaban J connectivity index is 1.75. The van der Waals surface area contributed by atoms with E-state index in [1.165, 1.54) is 12.1 Å². The Labute approximate surface area is 145 Å².